The SMILES string of the molecule is CCNC(=O)CN(C)[C@@H](C)C(=O)Nc1ccc(C)c(F)c1. The molecule has 6 heteroatoms. The number of hydrogen-bond donors (Lipinski definition) is 2. The van der Waals surface area contributed by atoms with Crippen LogP contribution in [0.15, 0.2) is 18.2 Å². The lowest BCUT2D eigenvalue weighted by Crippen LogP contribution is -2.44. The topological polar surface area (TPSA) is 61.4 Å². The van der Waals surface area contributed by atoms with E-state index in [0.717, 1.165) is 0 Å². The second-order valence-electron chi connectivity index (χ2n) is 5.00. The molecule has 0 spiro atoms. The lowest BCUT2D eigenvalue weighted by atomic mass is 10.2. The predicted molar refractivity (Wildman–Crippen MR) is 80.5 cm³/mol. The summed E-state index contributed by atoms with van der Waals surface area (Å²) in [4.78, 5) is 25.2. The molecule has 0 aromatic heterocycles. The van der Waals surface area contributed by atoms with Crippen LogP contribution < -0.4 is 10.6 Å². The van der Waals surface area contributed by atoms with Crippen molar-refractivity contribution in [2.75, 3.05) is 25.5 Å². The van der Waals surface area contributed by atoms with Crippen molar-refractivity contribution in [1.29, 1.82) is 0 Å². The zero-order valence-electron chi connectivity index (χ0n) is 12.9. The first-order chi connectivity index (χ1) is 9.85. The Bertz CT molecular complexity index is 520. The van der Waals surface area contributed by atoms with Gasteiger partial charge in [0.15, 0.2) is 0 Å². The number of hydrogen-bond acceptors (Lipinski definition) is 3. The molecule has 1 aromatic carbocycles. The third-order valence-electron chi connectivity index (χ3n) is 3.25. The minimum Gasteiger partial charge on any atom is -0.355 e. The maximum atomic E-state index is 13.4. The van der Waals surface area contributed by atoms with E-state index in [1.54, 1.807) is 37.9 Å². The van der Waals surface area contributed by atoms with Crippen molar-refractivity contribution in [2.45, 2.75) is 26.8 Å². The third kappa shape index (κ3) is 5.15. The fraction of sp³-hybridized carbons (Fsp3) is 0.467. The molecule has 0 fully saturated rings. The first-order valence-corrected chi connectivity index (χ1v) is 6.89. The van der Waals surface area contributed by atoms with E-state index < -0.39 is 6.04 Å². The Morgan fingerprint density at radius 3 is 2.62 bits per heavy atom. The minimum atomic E-state index is -0.503. The van der Waals surface area contributed by atoms with E-state index in [1.165, 1.54) is 6.07 Å². The highest BCUT2D eigenvalue weighted by Gasteiger charge is 2.20. The van der Waals surface area contributed by atoms with Gasteiger partial charge in [-0.05, 0) is 45.5 Å². The second kappa shape index (κ2) is 7.73. The van der Waals surface area contributed by atoms with E-state index in [9.17, 15) is 14.0 Å². The van der Waals surface area contributed by atoms with Crippen LogP contribution in [0.4, 0.5) is 10.1 Å². The van der Waals surface area contributed by atoms with Crippen molar-refractivity contribution in [3.8, 4) is 0 Å². The minimum absolute atomic E-state index is 0.130. The summed E-state index contributed by atoms with van der Waals surface area (Å²) < 4.78 is 13.4. The fourth-order valence-electron chi connectivity index (χ4n) is 1.73. The molecule has 1 atom stereocenters. The zero-order valence-corrected chi connectivity index (χ0v) is 12.9. The van der Waals surface area contributed by atoms with Crippen LogP contribution >= 0.6 is 0 Å². The van der Waals surface area contributed by atoms with Crippen LogP contribution in [0.2, 0.25) is 0 Å². The van der Waals surface area contributed by atoms with Gasteiger partial charge in [-0.2, -0.15) is 0 Å². The first kappa shape index (κ1) is 17.1. The highest BCUT2D eigenvalue weighted by molar-refractivity contribution is 5.94. The van der Waals surface area contributed by atoms with Gasteiger partial charge in [-0.15, -0.1) is 0 Å². The molecule has 0 unspecified atom stereocenters. The summed E-state index contributed by atoms with van der Waals surface area (Å²) >= 11 is 0. The molecule has 116 valence electrons. The summed E-state index contributed by atoms with van der Waals surface area (Å²) in [6.45, 7) is 5.86. The van der Waals surface area contributed by atoms with Crippen molar-refractivity contribution in [2.24, 2.45) is 0 Å². The number of likely N-dealkylation sites (N-methyl/N-ethyl adjacent to an activating group) is 2. The summed E-state index contributed by atoms with van der Waals surface area (Å²) in [5.41, 5.74) is 0.927. The molecule has 0 aliphatic rings. The molecule has 1 rings (SSSR count). The van der Waals surface area contributed by atoms with Crippen molar-refractivity contribution in [1.82, 2.24) is 10.2 Å². The smallest absolute Gasteiger partial charge is 0.241 e. The van der Waals surface area contributed by atoms with Crippen molar-refractivity contribution < 1.29 is 14.0 Å². The fourth-order valence-corrected chi connectivity index (χ4v) is 1.73. The monoisotopic (exact) mass is 295 g/mol. The van der Waals surface area contributed by atoms with Crippen LogP contribution in [-0.2, 0) is 9.59 Å². The van der Waals surface area contributed by atoms with Crippen LogP contribution in [-0.4, -0.2) is 42.9 Å². The molecule has 5 nitrogen and oxygen atoms in total. The number of nitrogens with zero attached hydrogens (tertiary/aromatic N) is 1. The number of benzene rings is 1. The number of aryl methyl sites for hydroxylation is 1. The van der Waals surface area contributed by atoms with Gasteiger partial charge in [0.1, 0.15) is 5.82 Å². The summed E-state index contributed by atoms with van der Waals surface area (Å²) in [5, 5.41) is 5.32. The Hall–Kier alpha value is -1.95. The Balaban J connectivity index is 2.61. The van der Waals surface area contributed by atoms with Crippen LogP contribution in [0.3, 0.4) is 0 Å². The summed E-state index contributed by atoms with van der Waals surface area (Å²) in [7, 11) is 1.69. The average molecular weight is 295 g/mol. The molecule has 0 bridgehead atoms. The molecular formula is C15H22FN3O2. The van der Waals surface area contributed by atoms with Gasteiger partial charge >= 0.3 is 0 Å². The first-order valence-electron chi connectivity index (χ1n) is 6.89. The quantitative estimate of drug-likeness (QED) is 0.836. The van der Waals surface area contributed by atoms with Crippen LogP contribution in [0.1, 0.15) is 19.4 Å². The summed E-state index contributed by atoms with van der Waals surface area (Å²) in [6, 6.07) is 4.03. The van der Waals surface area contributed by atoms with E-state index in [0.29, 0.717) is 17.8 Å². The van der Waals surface area contributed by atoms with E-state index in [2.05, 4.69) is 10.6 Å². The van der Waals surface area contributed by atoms with Gasteiger partial charge in [0.25, 0.3) is 0 Å². The molecule has 2 amide bonds. The summed E-state index contributed by atoms with van der Waals surface area (Å²) in [5.74, 6) is -0.790. The maximum absolute atomic E-state index is 13.4. The zero-order chi connectivity index (χ0) is 16.0. The van der Waals surface area contributed by atoms with Gasteiger partial charge in [-0.3, -0.25) is 14.5 Å². The Morgan fingerprint density at radius 2 is 2.05 bits per heavy atom. The maximum Gasteiger partial charge on any atom is 0.241 e. The van der Waals surface area contributed by atoms with Gasteiger partial charge in [0, 0.05) is 12.2 Å². The van der Waals surface area contributed by atoms with Crippen LogP contribution in [0.25, 0.3) is 0 Å². The second-order valence-corrected chi connectivity index (χ2v) is 5.00. The van der Waals surface area contributed by atoms with Gasteiger partial charge in [-0.25, -0.2) is 4.39 Å². The standard InChI is InChI=1S/C15H22FN3O2/c1-5-17-14(20)9-19(4)11(3)15(21)18-12-7-6-10(2)13(16)8-12/h6-8,11H,5,9H2,1-4H3,(H,17,20)(H,18,21)/t11-/m0/s1. The Kier molecular flexibility index (Phi) is 6.30. The Labute approximate surface area is 124 Å². The molecule has 1 aromatic rings. The highest BCUT2D eigenvalue weighted by Crippen LogP contribution is 2.14. The van der Waals surface area contributed by atoms with Crippen molar-refractivity contribution in [3.63, 3.8) is 0 Å². The van der Waals surface area contributed by atoms with Crippen molar-refractivity contribution in [3.05, 3.63) is 29.6 Å². The third-order valence-corrected chi connectivity index (χ3v) is 3.25. The van der Waals surface area contributed by atoms with Crippen LogP contribution in [0.5, 0.6) is 0 Å². The number of nitrogens with one attached hydrogen (secondary N) is 2. The summed E-state index contributed by atoms with van der Waals surface area (Å²) in [6.07, 6.45) is 0. The van der Waals surface area contributed by atoms with Crippen molar-refractivity contribution >= 4 is 17.5 Å². The molecule has 2 N–H and O–H groups in total. The molecule has 0 saturated heterocycles. The van der Waals surface area contributed by atoms with Gasteiger partial charge in [0.2, 0.25) is 11.8 Å². The highest BCUT2D eigenvalue weighted by atomic mass is 19.1. The van der Waals surface area contributed by atoms with E-state index in [4.69, 9.17) is 0 Å². The molecule has 0 radical (unpaired) electrons. The molecular weight excluding hydrogens is 273 g/mol. The molecule has 0 aliphatic heterocycles. The average Bonchev–Trinajstić information content (AvgIpc) is 2.42. The number of carbonyl (C=O) groups excluding carboxylic acids is 2. The van der Waals surface area contributed by atoms with E-state index >= 15 is 0 Å². The number of amides is 2. The number of rotatable bonds is 6. The van der Waals surface area contributed by atoms with Gasteiger partial charge in [-0.1, -0.05) is 6.07 Å². The molecule has 0 aliphatic carbocycles. The van der Waals surface area contributed by atoms with E-state index in [1.807, 2.05) is 6.92 Å². The number of carbonyl (C=O) groups is 2. The van der Waals surface area contributed by atoms with Crippen LogP contribution in [0, 0.1) is 12.7 Å². The van der Waals surface area contributed by atoms with Gasteiger partial charge < -0.3 is 10.6 Å². The lowest BCUT2D eigenvalue weighted by Gasteiger charge is -2.23. The van der Waals surface area contributed by atoms with E-state index in [-0.39, 0.29) is 24.2 Å². The predicted octanol–water partition coefficient (Wildman–Crippen LogP) is 1.53. The largest absolute Gasteiger partial charge is 0.355 e. The number of halogens is 1. The normalized spacial score (nSPS) is 12.1. The van der Waals surface area contributed by atoms with Gasteiger partial charge in [0.05, 0.1) is 12.6 Å². The number of anilines is 1. The molecule has 21 heavy (non-hydrogen) atoms. The molecule has 0 saturated carbocycles. The Morgan fingerprint density at radius 1 is 1.38 bits per heavy atom. The molecule has 0 heterocycles. The lowest BCUT2D eigenvalue weighted by molar-refractivity contribution is -0.124.